The number of guanidine groups is 1. The van der Waals surface area contributed by atoms with Gasteiger partial charge in [0, 0.05) is 20.1 Å². The van der Waals surface area contributed by atoms with Gasteiger partial charge < -0.3 is 16.0 Å². The molecule has 0 saturated heterocycles. The predicted molar refractivity (Wildman–Crippen MR) is 95.7 cm³/mol. The number of hydrogen-bond acceptors (Lipinski definition) is 3. The van der Waals surface area contributed by atoms with Crippen LogP contribution in [0, 0.1) is 0 Å². The van der Waals surface area contributed by atoms with Crippen molar-refractivity contribution >= 4 is 23.2 Å². The third kappa shape index (κ3) is 6.52. The fourth-order valence-electron chi connectivity index (χ4n) is 2.02. The first kappa shape index (κ1) is 17.0. The van der Waals surface area contributed by atoms with Crippen LogP contribution in [0.5, 0.6) is 0 Å². The van der Waals surface area contributed by atoms with Crippen LogP contribution in [0.3, 0.4) is 0 Å². The Hall–Kier alpha value is -2.34. The Bertz CT molecular complexity index is 611. The van der Waals surface area contributed by atoms with Gasteiger partial charge in [-0.1, -0.05) is 30.3 Å². The molecular weight excluding hydrogens is 308 g/mol. The van der Waals surface area contributed by atoms with Crippen LogP contribution in [0.2, 0.25) is 0 Å². The van der Waals surface area contributed by atoms with Gasteiger partial charge in [0.15, 0.2) is 5.96 Å². The second-order valence-electron chi connectivity index (χ2n) is 5.00. The summed E-state index contributed by atoms with van der Waals surface area (Å²) in [5.41, 5.74) is 2.42. The zero-order valence-corrected chi connectivity index (χ0v) is 14.0. The quantitative estimate of drug-likeness (QED) is 0.535. The minimum absolute atomic E-state index is 0.0422. The van der Waals surface area contributed by atoms with Crippen LogP contribution in [-0.4, -0.2) is 32.0 Å². The smallest absolute Gasteiger partial charge is 0.239 e. The van der Waals surface area contributed by atoms with E-state index in [1.165, 1.54) is 11.1 Å². The summed E-state index contributed by atoms with van der Waals surface area (Å²) >= 11 is 1.66. The van der Waals surface area contributed by atoms with E-state index in [0.717, 1.165) is 6.42 Å². The van der Waals surface area contributed by atoms with E-state index in [1.54, 1.807) is 18.4 Å². The Morgan fingerprint density at radius 1 is 1.09 bits per heavy atom. The van der Waals surface area contributed by atoms with Gasteiger partial charge in [-0.3, -0.25) is 9.79 Å². The third-order valence-corrected chi connectivity index (χ3v) is 3.99. The van der Waals surface area contributed by atoms with E-state index in [2.05, 4.69) is 44.5 Å². The SMILES string of the molecule is CN=C(NCC(=O)NCCc1ccccc1)NCc1ccsc1. The number of nitrogens with one attached hydrogen (secondary N) is 3. The summed E-state index contributed by atoms with van der Waals surface area (Å²) in [6.07, 6.45) is 0.831. The van der Waals surface area contributed by atoms with Crippen LogP contribution < -0.4 is 16.0 Å². The highest BCUT2D eigenvalue weighted by atomic mass is 32.1. The van der Waals surface area contributed by atoms with Crippen LogP contribution in [-0.2, 0) is 17.8 Å². The second-order valence-corrected chi connectivity index (χ2v) is 5.78. The van der Waals surface area contributed by atoms with Gasteiger partial charge in [-0.2, -0.15) is 11.3 Å². The van der Waals surface area contributed by atoms with Gasteiger partial charge in [0.25, 0.3) is 0 Å². The number of amides is 1. The lowest BCUT2D eigenvalue weighted by Gasteiger charge is -2.11. The fraction of sp³-hybridized carbons (Fsp3) is 0.294. The monoisotopic (exact) mass is 330 g/mol. The molecule has 6 heteroatoms. The fourth-order valence-corrected chi connectivity index (χ4v) is 2.69. The van der Waals surface area contributed by atoms with Crippen LogP contribution in [0.25, 0.3) is 0 Å². The first-order chi connectivity index (χ1) is 11.3. The highest BCUT2D eigenvalue weighted by Crippen LogP contribution is 2.04. The molecule has 122 valence electrons. The lowest BCUT2D eigenvalue weighted by atomic mass is 10.1. The normalized spacial score (nSPS) is 11.1. The lowest BCUT2D eigenvalue weighted by molar-refractivity contribution is -0.119. The number of aliphatic imine (C=N–C) groups is 1. The second kappa shape index (κ2) is 9.63. The molecule has 0 fully saturated rings. The molecule has 3 N–H and O–H groups in total. The van der Waals surface area contributed by atoms with Gasteiger partial charge in [0.1, 0.15) is 0 Å². The largest absolute Gasteiger partial charge is 0.354 e. The average molecular weight is 330 g/mol. The molecule has 0 aliphatic carbocycles. The Morgan fingerprint density at radius 2 is 1.91 bits per heavy atom. The molecule has 1 aromatic carbocycles. The molecule has 0 aliphatic rings. The molecule has 0 unspecified atom stereocenters. The van der Waals surface area contributed by atoms with E-state index in [1.807, 2.05) is 23.6 Å². The number of rotatable bonds is 7. The van der Waals surface area contributed by atoms with Gasteiger partial charge in [-0.25, -0.2) is 0 Å². The minimum atomic E-state index is -0.0422. The van der Waals surface area contributed by atoms with E-state index in [9.17, 15) is 4.79 Å². The average Bonchev–Trinajstić information content (AvgIpc) is 3.09. The van der Waals surface area contributed by atoms with Gasteiger partial charge >= 0.3 is 0 Å². The first-order valence-corrected chi connectivity index (χ1v) is 8.48. The minimum Gasteiger partial charge on any atom is -0.354 e. The zero-order valence-electron chi connectivity index (χ0n) is 13.2. The maximum Gasteiger partial charge on any atom is 0.239 e. The number of nitrogens with zero attached hydrogens (tertiary/aromatic N) is 1. The summed E-state index contributed by atoms with van der Waals surface area (Å²) in [5, 5.41) is 13.2. The molecule has 0 aliphatic heterocycles. The summed E-state index contributed by atoms with van der Waals surface area (Å²) in [4.78, 5) is 15.9. The Balaban J connectivity index is 1.62. The van der Waals surface area contributed by atoms with E-state index in [-0.39, 0.29) is 12.5 Å². The molecule has 0 saturated carbocycles. The van der Waals surface area contributed by atoms with E-state index in [0.29, 0.717) is 19.0 Å². The maximum absolute atomic E-state index is 11.8. The molecule has 1 amide bonds. The number of benzene rings is 1. The van der Waals surface area contributed by atoms with Crippen molar-refractivity contribution in [2.45, 2.75) is 13.0 Å². The molecule has 23 heavy (non-hydrogen) atoms. The molecule has 0 radical (unpaired) electrons. The Kier molecular flexibility index (Phi) is 7.13. The number of carbonyl (C=O) groups excluding carboxylic acids is 1. The van der Waals surface area contributed by atoms with Crippen molar-refractivity contribution < 1.29 is 4.79 Å². The van der Waals surface area contributed by atoms with E-state index >= 15 is 0 Å². The number of hydrogen-bond donors (Lipinski definition) is 3. The van der Waals surface area contributed by atoms with Crippen molar-refractivity contribution in [3.05, 3.63) is 58.3 Å². The van der Waals surface area contributed by atoms with Crippen LogP contribution in [0.15, 0.2) is 52.2 Å². The predicted octanol–water partition coefficient (Wildman–Crippen LogP) is 1.77. The molecule has 1 aromatic heterocycles. The van der Waals surface area contributed by atoms with Gasteiger partial charge in [0.05, 0.1) is 6.54 Å². The van der Waals surface area contributed by atoms with Gasteiger partial charge in [0.2, 0.25) is 5.91 Å². The molecule has 0 bridgehead atoms. The first-order valence-electron chi connectivity index (χ1n) is 7.54. The van der Waals surface area contributed by atoms with Crippen molar-refractivity contribution in [1.82, 2.24) is 16.0 Å². The molecule has 0 atom stereocenters. The highest BCUT2D eigenvalue weighted by molar-refractivity contribution is 7.07. The van der Waals surface area contributed by atoms with Crippen molar-refractivity contribution in [3.63, 3.8) is 0 Å². The third-order valence-electron chi connectivity index (χ3n) is 3.26. The maximum atomic E-state index is 11.8. The van der Waals surface area contributed by atoms with Crippen LogP contribution >= 0.6 is 11.3 Å². The molecule has 0 spiro atoms. The lowest BCUT2D eigenvalue weighted by Crippen LogP contribution is -2.43. The van der Waals surface area contributed by atoms with Crippen LogP contribution in [0.4, 0.5) is 0 Å². The number of carbonyl (C=O) groups is 1. The van der Waals surface area contributed by atoms with E-state index in [4.69, 9.17) is 0 Å². The number of thiophene rings is 1. The van der Waals surface area contributed by atoms with Gasteiger partial charge in [-0.05, 0) is 34.4 Å². The molecule has 2 aromatic rings. The summed E-state index contributed by atoms with van der Waals surface area (Å²) in [7, 11) is 1.69. The summed E-state index contributed by atoms with van der Waals surface area (Å²) in [6, 6.07) is 12.2. The van der Waals surface area contributed by atoms with Crippen molar-refractivity contribution in [3.8, 4) is 0 Å². The molecular formula is C17H22N4OS. The molecule has 1 heterocycles. The summed E-state index contributed by atoms with van der Waals surface area (Å²) < 4.78 is 0. The summed E-state index contributed by atoms with van der Waals surface area (Å²) in [6.45, 7) is 1.53. The Labute approximate surface area is 140 Å². The van der Waals surface area contributed by atoms with Gasteiger partial charge in [-0.15, -0.1) is 0 Å². The molecule has 5 nitrogen and oxygen atoms in total. The van der Waals surface area contributed by atoms with Crippen molar-refractivity contribution in [1.29, 1.82) is 0 Å². The van der Waals surface area contributed by atoms with Crippen molar-refractivity contribution in [2.75, 3.05) is 20.1 Å². The highest BCUT2D eigenvalue weighted by Gasteiger charge is 2.03. The topological polar surface area (TPSA) is 65.5 Å². The van der Waals surface area contributed by atoms with Crippen molar-refractivity contribution in [2.24, 2.45) is 4.99 Å². The molecule has 2 rings (SSSR count). The van der Waals surface area contributed by atoms with Crippen LogP contribution in [0.1, 0.15) is 11.1 Å². The van der Waals surface area contributed by atoms with E-state index < -0.39 is 0 Å². The Morgan fingerprint density at radius 3 is 2.61 bits per heavy atom. The standard InChI is InChI=1S/C17H22N4OS/c1-18-17(20-11-15-8-10-23-13-15)21-12-16(22)19-9-7-14-5-3-2-4-6-14/h2-6,8,10,13H,7,9,11-12H2,1H3,(H,19,22)(H2,18,20,21). The zero-order chi connectivity index (χ0) is 16.3. The summed E-state index contributed by atoms with van der Waals surface area (Å²) in [5.74, 6) is 0.578.